The molecule has 3 aromatic rings. The Hall–Kier alpha value is -1.90. The van der Waals surface area contributed by atoms with Crippen LogP contribution < -0.4 is 9.36 Å². The van der Waals surface area contributed by atoms with Gasteiger partial charge in [-0.2, -0.15) is 0 Å². The number of anilines is 2. The van der Waals surface area contributed by atoms with Gasteiger partial charge in [-0.25, -0.2) is 0 Å². The molecule has 0 atom stereocenters. The molecule has 0 aliphatic rings. The van der Waals surface area contributed by atoms with Crippen molar-refractivity contribution in [3.05, 3.63) is 54.4 Å². The van der Waals surface area contributed by atoms with Crippen molar-refractivity contribution >= 4 is 41.8 Å². The fraction of sp³-hybridized carbons (Fsp3) is 0.176. The molecule has 0 unspecified atom stereocenters. The van der Waals surface area contributed by atoms with E-state index in [9.17, 15) is 0 Å². The van der Waals surface area contributed by atoms with Gasteiger partial charge < -0.3 is 0 Å². The molecule has 4 heteroatoms. The second kappa shape index (κ2) is 5.84. The van der Waals surface area contributed by atoms with Crippen LogP contribution in [-0.4, -0.2) is 32.0 Å². The van der Waals surface area contributed by atoms with Crippen LogP contribution in [0.2, 0.25) is 5.82 Å². The van der Waals surface area contributed by atoms with Gasteiger partial charge in [0.25, 0.3) is 0 Å². The van der Waals surface area contributed by atoms with Gasteiger partial charge in [0.2, 0.25) is 0 Å². The standard InChI is InChI=1S/C17H17N3Se/c1-12-18-16-7-5-4-6-15(16)17(19-12)20(2)13-8-10-14(21-3)11-9-13/h4-11H,1-3H3/i1D3. The number of nitrogens with zero attached hydrogens (tertiary/aromatic N) is 3. The summed E-state index contributed by atoms with van der Waals surface area (Å²) in [5.41, 5.74) is 1.59. The first-order chi connectivity index (χ1) is 11.4. The van der Waals surface area contributed by atoms with Crippen LogP contribution in [0.1, 0.15) is 9.94 Å². The predicted molar refractivity (Wildman–Crippen MR) is 90.0 cm³/mol. The zero-order valence-electron chi connectivity index (χ0n) is 14.9. The molecule has 3 rings (SSSR count). The molecule has 0 fully saturated rings. The molecular formula is C17H17N3Se. The first kappa shape index (κ1) is 10.8. The van der Waals surface area contributed by atoms with Crippen LogP contribution in [0.3, 0.4) is 0 Å². The first-order valence-corrected chi connectivity index (χ1v) is 9.12. The Morgan fingerprint density at radius 2 is 1.81 bits per heavy atom. The van der Waals surface area contributed by atoms with Gasteiger partial charge in [-0.05, 0) is 0 Å². The molecule has 0 aliphatic carbocycles. The van der Waals surface area contributed by atoms with Crippen molar-refractivity contribution in [3.63, 3.8) is 0 Å². The summed E-state index contributed by atoms with van der Waals surface area (Å²) in [7, 11) is 1.89. The van der Waals surface area contributed by atoms with E-state index in [2.05, 4.69) is 27.9 Å². The van der Waals surface area contributed by atoms with Crippen LogP contribution in [0.4, 0.5) is 11.5 Å². The Bertz CT molecular complexity index is 863. The van der Waals surface area contributed by atoms with Crippen LogP contribution in [-0.2, 0) is 0 Å². The van der Waals surface area contributed by atoms with E-state index in [1.165, 1.54) is 4.46 Å². The zero-order chi connectivity index (χ0) is 17.3. The number of benzene rings is 2. The minimum absolute atomic E-state index is 0.128. The number of para-hydroxylation sites is 1. The van der Waals surface area contributed by atoms with E-state index in [-0.39, 0.29) is 5.82 Å². The van der Waals surface area contributed by atoms with Gasteiger partial charge in [0, 0.05) is 0 Å². The molecule has 2 aromatic carbocycles. The number of hydrogen-bond acceptors (Lipinski definition) is 3. The Kier molecular flexibility index (Phi) is 3.00. The summed E-state index contributed by atoms with van der Waals surface area (Å²) in [5, 5.41) is 0.830. The molecule has 0 bridgehead atoms. The van der Waals surface area contributed by atoms with Crippen molar-refractivity contribution in [2.75, 3.05) is 11.9 Å². The number of aromatic nitrogens is 2. The molecular weight excluding hydrogens is 325 g/mol. The summed E-state index contributed by atoms with van der Waals surface area (Å²) in [5.74, 6) is 2.64. The third kappa shape index (κ3) is 2.78. The van der Waals surface area contributed by atoms with Crippen LogP contribution >= 0.6 is 0 Å². The average molecular weight is 345 g/mol. The van der Waals surface area contributed by atoms with Crippen molar-refractivity contribution in [3.8, 4) is 0 Å². The van der Waals surface area contributed by atoms with Gasteiger partial charge in [0.15, 0.2) is 0 Å². The monoisotopic (exact) mass is 346 g/mol. The topological polar surface area (TPSA) is 29.0 Å². The summed E-state index contributed by atoms with van der Waals surface area (Å²) in [6.07, 6.45) is 0. The molecule has 0 spiro atoms. The fourth-order valence-corrected chi connectivity index (χ4v) is 3.10. The van der Waals surface area contributed by atoms with Crippen molar-refractivity contribution in [1.82, 2.24) is 9.97 Å². The van der Waals surface area contributed by atoms with E-state index in [0.717, 1.165) is 11.1 Å². The summed E-state index contributed by atoms with van der Waals surface area (Å²) >= 11 is 0.452. The molecule has 0 amide bonds. The van der Waals surface area contributed by atoms with Crippen molar-refractivity contribution in [2.24, 2.45) is 0 Å². The van der Waals surface area contributed by atoms with Crippen LogP contribution in [0.25, 0.3) is 10.9 Å². The molecule has 1 aromatic heterocycles. The third-order valence-corrected chi connectivity index (χ3v) is 4.92. The van der Waals surface area contributed by atoms with E-state index in [0.29, 0.717) is 26.3 Å². The van der Waals surface area contributed by atoms with Gasteiger partial charge in [0.1, 0.15) is 0 Å². The molecule has 106 valence electrons. The predicted octanol–water partition coefficient (Wildman–Crippen LogP) is 3.08. The second-order valence-electron chi connectivity index (χ2n) is 4.65. The van der Waals surface area contributed by atoms with Gasteiger partial charge >= 0.3 is 135 Å². The summed E-state index contributed by atoms with van der Waals surface area (Å²) in [6, 6.07) is 15.7. The second-order valence-corrected chi connectivity index (χ2v) is 6.49. The van der Waals surface area contributed by atoms with Crippen molar-refractivity contribution in [2.45, 2.75) is 12.7 Å². The molecule has 3 nitrogen and oxygen atoms in total. The van der Waals surface area contributed by atoms with E-state index < -0.39 is 6.85 Å². The normalized spacial score (nSPS) is 13.5. The van der Waals surface area contributed by atoms with Crippen molar-refractivity contribution < 1.29 is 4.11 Å². The average Bonchev–Trinajstić information content (AvgIpc) is 2.59. The minimum atomic E-state index is -2.34. The molecule has 0 radical (unpaired) electrons. The molecule has 0 saturated carbocycles. The maximum atomic E-state index is 7.64. The Labute approximate surface area is 135 Å². The number of hydrogen-bond donors (Lipinski definition) is 0. The SMILES string of the molecule is [2H]C([2H])([2H])c1nc(N(C)c2ccc([Se]C)cc2)c2ccccc2n1. The van der Waals surface area contributed by atoms with Crippen LogP contribution in [0.5, 0.6) is 0 Å². The van der Waals surface area contributed by atoms with E-state index in [4.69, 9.17) is 4.11 Å². The van der Waals surface area contributed by atoms with Gasteiger partial charge in [-0.15, -0.1) is 0 Å². The maximum absolute atomic E-state index is 7.64. The quantitative estimate of drug-likeness (QED) is 0.683. The van der Waals surface area contributed by atoms with E-state index in [1.54, 1.807) is 0 Å². The number of rotatable bonds is 3. The van der Waals surface area contributed by atoms with Gasteiger partial charge in [-0.1, -0.05) is 0 Å². The third-order valence-electron chi connectivity index (χ3n) is 3.36. The van der Waals surface area contributed by atoms with Gasteiger partial charge in [-0.3, -0.25) is 0 Å². The summed E-state index contributed by atoms with van der Waals surface area (Å²) in [4.78, 5) is 10.5. The Morgan fingerprint density at radius 3 is 2.52 bits per heavy atom. The summed E-state index contributed by atoms with van der Waals surface area (Å²) in [6.45, 7) is -2.34. The molecule has 21 heavy (non-hydrogen) atoms. The van der Waals surface area contributed by atoms with E-state index >= 15 is 0 Å². The Morgan fingerprint density at radius 1 is 1.05 bits per heavy atom. The molecule has 0 N–H and O–H groups in total. The summed E-state index contributed by atoms with van der Waals surface area (Å²) < 4.78 is 24.2. The van der Waals surface area contributed by atoms with E-state index in [1.807, 2.05) is 48.3 Å². The molecule has 0 aliphatic heterocycles. The Balaban J connectivity index is 2.15. The van der Waals surface area contributed by atoms with Crippen LogP contribution in [0, 0.1) is 6.85 Å². The van der Waals surface area contributed by atoms with Crippen molar-refractivity contribution in [1.29, 1.82) is 0 Å². The zero-order valence-corrected chi connectivity index (χ0v) is 13.6. The fourth-order valence-electron chi connectivity index (χ4n) is 2.24. The molecule has 1 heterocycles. The number of aryl methyl sites for hydroxylation is 1. The van der Waals surface area contributed by atoms with Crippen LogP contribution in [0.15, 0.2) is 48.5 Å². The number of fused-ring (bicyclic) bond motifs is 1. The van der Waals surface area contributed by atoms with Gasteiger partial charge in [0.05, 0.1) is 0 Å². The first-order valence-electron chi connectivity index (χ1n) is 8.05. The molecule has 0 saturated heterocycles.